The normalized spacial score (nSPS) is 10.6. The molecule has 0 radical (unpaired) electrons. The summed E-state index contributed by atoms with van der Waals surface area (Å²) < 4.78 is 5.55. The van der Waals surface area contributed by atoms with Gasteiger partial charge in [-0.15, -0.1) is 0 Å². The quantitative estimate of drug-likeness (QED) is 0.466. The van der Waals surface area contributed by atoms with E-state index in [4.69, 9.17) is 4.52 Å². The lowest BCUT2D eigenvalue weighted by Crippen LogP contribution is -2.15. The third kappa shape index (κ3) is 4.11. The Bertz CT molecular complexity index is 1060. The molecule has 144 valence electrons. The average Bonchev–Trinajstić information content (AvgIpc) is 3.13. The van der Waals surface area contributed by atoms with Crippen LogP contribution in [0.5, 0.6) is 11.5 Å². The van der Waals surface area contributed by atoms with Crippen molar-refractivity contribution in [3.05, 3.63) is 84.4 Å². The molecule has 0 fully saturated rings. The molecule has 6 nitrogen and oxygen atoms in total. The first-order chi connectivity index (χ1) is 14.1. The van der Waals surface area contributed by atoms with Gasteiger partial charge in [0.05, 0.1) is 6.42 Å². The van der Waals surface area contributed by atoms with Gasteiger partial charge in [0, 0.05) is 11.1 Å². The van der Waals surface area contributed by atoms with Gasteiger partial charge in [0.15, 0.2) is 5.76 Å². The van der Waals surface area contributed by atoms with Crippen LogP contribution in [0.1, 0.15) is 5.56 Å². The molecule has 0 aliphatic rings. The predicted octanol–water partition coefficient (Wildman–Crippen LogP) is 4.60. The molecule has 1 aromatic heterocycles. The Morgan fingerprint density at radius 2 is 1.41 bits per heavy atom. The second-order valence-electron chi connectivity index (χ2n) is 6.54. The molecule has 0 aliphatic heterocycles. The van der Waals surface area contributed by atoms with Crippen molar-refractivity contribution < 1.29 is 19.5 Å². The molecule has 0 spiro atoms. The summed E-state index contributed by atoms with van der Waals surface area (Å²) in [6.45, 7) is 0. The van der Waals surface area contributed by atoms with E-state index in [1.165, 1.54) is 12.1 Å². The van der Waals surface area contributed by atoms with Gasteiger partial charge in [-0.05, 0) is 54.1 Å². The number of carbonyl (C=O) groups excluding carboxylic acids is 1. The van der Waals surface area contributed by atoms with Crippen LogP contribution in [-0.2, 0) is 11.2 Å². The van der Waals surface area contributed by atoms with Gasteiger partial charge in [0.2, 0.25) is 5.91 Å². The molecule has 29 heavy (non-hydrogen) atoms. The first-order valence-corrected chi connectivity index (χ1v) is 9.02. The van der Waals surface area contributed by atoms with Crippen molar-refractivity contribution in [1.82, 2.24) is 5.16 Å². The molecule has 3 aromatic carbocycles. The highest BCUT2D eigenvalue weighted by molar-refractivity contribution is 6.00. The molecule has 4 aromatic rings. The van der Waals surface area contributed by atoms with Crippen LogP contribution in [0, 0.1) is 0 Å². The molecule has 0 atom stereocenters. The van der Waals surface area contributed by atoms with Gasteiger partial charge < -0.3 is 20.1 Å². The van der Waals surface area contributed by atoms with Gasteiger partial charge in [-0.1, -0.05) is 35.5 Å². The molecular weight excluding hydrogens is 368 g/mol. The van der Waals surface area contributed by atoms with Gasteiger partial charge in [0.25, 0.3) is 0 Å². The molecule has 1 heterocycles. The number of hydrogen-bond donors (Lipinski definition) is 3. The van der Waals surface area contributed by atoms with Gasteiger partial charge >= 0.3 is 0 Å². The second-order valence-corrected chi connectivity index (χ2v) is 6.54. The number of hydrogen-bond acceptors (Lipinski definition) is 5. The fourth-order valence-corrected chi connectivity index (χ4v) is 3.00. The largest absolute Gasteiger partial charge is 0.508 e. The van der Waals surface area contributed by atoms with Crippen molar-refractivity contribution in [1.29, 1.82) is 0 Å². The van der Waals surface area contributed by atoms with E-state index in [9.17, 15) is 15.0 Å². The predicted molar refractivity (Wildman–Crippen MR) is 109 cm³/mol. The second kappa shape index (κ2) is 7.90. The highest BCUT2D eigenvalue weighted by Crippen LogP contribution is 2.37. The zero-order valence-electron chi connectivity index (χ0n) is 15.4. The molecule has 1 amide bonds. The topological polar surface area (TPSA) is 95.6 Å². The number of nitrogens with zero attached hydrogens (tertiary/aromatic N) is 1. The molecule has 0 saturated carbocycles. The standard InChI is InChI=1S/C23H18N2O4/c26-18-10-6-16(7-11-18)21-22(24-20(28)14-15-4-2-1-3-5-15)23(29-25-21)17-8-12-19(27)13-9-17/h1-13,26-27H,14H2,(H,24,28). The molecular formula is C23H18N2O4. The Labute approximate surface area is 167 Å². The van der Waals surface area contributed by atoms with Gasteiger partial charge in [-0.25, -0.2) is 0 Å². The van der Waals surface area contributed by atoms with E-state index in [1.807, 2.05) is 30.3 Å². The summed E-state index contributed by atoms with van der Waals surface area (Å²) in [6, 6.07) is 22.3. The number of aromatic hydroxyl groups is 2. The number of phenols is 2. The molecule has 0 aliphatic carbocycles. The van der Waals surface area contributed by atoms with Crippen molar-refractivity contribution >= 4 is 11.6 Å². The lowest BCUT2D eigenvalue weighted by Gasteiger charge is -2.08. The Morgan fingerprint density at radius 1 is 0.828 bits per heavy atom. The summed E-state index contributed by atoms with van der Waals surface area (Å²) in [5.74, 6) is 0.432. The SMILES string of the molecule is O=C(Cc1ccccc1)Nc1c(-c2ccc(O)cc2)noc1-c1ccc(O)cc1. The fourth-order valence-electron chi connectivity index (χ4n) is 3.00. The Morgan fingerprint density at radius 3 is 2.03 bits per heavy atom. The third-order valence-electron chi connectivity index (χ3n) is 4.43. The third-order valence-corrected chi connectivity index (χ3v) is 4.43. The van der Waals surface area contributed by atoms with E-state index >= 15 is 0 Å². The maximum Gasteiger partial charge on any atom is 0.228 e. The van der Waals surface area contributed by atoms with E-state index < -0.39 is 0 Å². The Hall–Kier alpha value is -4.06. The Balaban J connectivity index is 1.71. The van der Waals surface area contributed by atoms with E-state index in [0.29, 0.717) is 28.3 Å². The van der Waals surface area contributed by atoms with E-state index in [1.54, 1.807) is 36.4 Å². The Kier molecular flexibility index (Phi) is 4.99. The highest BCUT2D eigenvalue weighted by atomic mass is 16.5. The highest BCUT2D eigenvalue weighted by Gasteiger charge is 2.21. The van der Waals surface area contributed by atoms with Crippen LogP contribution in [0.2, 0.25) is 0 Å². The van der Waals surface area contributed by atoms with Crippen LogP contribution in [0.3, 0.4) is 0 Å². The van der Waals surface area contributed by atoms with Crippen LogP contribution < -0.4 is 5.32 Å². The monoisotopic (exact) mass is 386 g/mol. The van der Waals surface area contributed by atoms with Crippen LogP contribution in [-0.4, -0.2) is 21.3 Å². The molecule has 6 heteroatoms. The van der Waals surface area contributed by atoms with Crippen molar-refractivity contribution in [3.8, 4) is 34.1 Å². The molecule has 3 N–H and O–H groups in total. The zero-order chi connectivity index (χ0) is 20.2. The minimum atomic E-state index is -0.209. The summed E-state index contributed by atoms with van der Waals surface area (Å²) in [6.07, 6.45) is 0.204. The molecule has 0 unspecified atom stereocenters. The minimum Gasteiger partial charge on any atom is -0.508 e. The lowest BCUT2D eigenvalue weighted by atomic mass is 10.1. The first-order valence-electron chi connectivity index (χ1n) is 9.02. The number of aromatic nitrogens is 1. The summed E-state index contributed by atoms with van der Waals surface area (Å²) in [5.41, 5.74) is 3.12. The smallest absolute Gasteiger partial charge is 0.228 e. The number of carbonyl (C=O) groups is 1. The summed E-state index contributed by atoms with van der Waals surface area (Å²) in [7, 11) is 0. The molecule has 4 rings (SSSR count). The van der Waals surface area contributed by atoms with Crippen molar-refractivity contribution in [2.45, 2.75) is 6.42 Å². The van der Waals surface area contributed by atoms with E-state index in [-0.39, 0.29) is 23.8 Å². The van der Waals surface area contributed by atoms with Crippen molar-refractivity contribution in [2.75, 3.05) is 5.32 Å². The number of nitrogens with one attached hydrogen (secondary N) is 1. The van der Waals surface area contributed by atoms with E-state index in [0.717, 1.165) is 5.56 Å². The van der Waals surface area contributed by atoms with Crippen LogP contribution >= 0.6 is 0 Å². The summed E-state index contributed by atoms with van der Waals surface area (Å²) in [4.78, 5) is 12.7. The number of phenolic OH excluding ortho intramolecular Hbond substituents is 2. The number of amides is 1. The van der Waals surface area contributed by atoms with Gasteiger partial charge in [-0.3, -0.25) is 4.79 Å². The van der Waals surface area contributed by atoms with Crippen LogP contribution in [0.4, 0.5) is 5.69 Å². The minimum absolute atomic E-state index is 0.127. The number of benzene rings is 3. The molecule has 0 bridgehead atoms. The first kappa shape index (κ1) is 18.3. The maximum absolute atomic E-state index is 12.7. The summed E-state index contributed by atoms with van der Waals surface area (Å²) >= 11 is 0. The van der Waals surface area contributed by atoms with E-state index in [2.05, 4.69) is 10.5 Å². The lowest BCUT2D eigenvalue weighted by molar-refractivity contribution is -0.115. The number of rotatable bonds is 5. The summed E-state index contributed by atoms with van der Waals surface area (Å²) in [5, 5.41) is 26.2. The van der Waals surface area contributed by atoms with Crippen molar-refractivity contribution in [2.24, 2.45) is 0 Å². The van der Waals surface area contributed by atoms with Gasteiger partial charge in [-0.2, -0.15) is 0 Å². The fraction of sp³-hybridized carbons (Fsp3) is 0.0435. The zero-order valence-corrected chi connectivity index (χ0v) is 15.4. The van der Waals surface area contributed by atoms with Gasteiger partial charge in [0.1, 0.15) is 22.9 Å². The van der Waals surface area contributed by atoms with Crippen LogP contribution in [0.15, 0.2) is 83.4 Å². The maximum atomic E-state index is 12.7. The van der Waals surface area contributed by atoms with Crippen LogP contribution in [0.25, 0.3) is 22.6 Å². The van der Waals surface area contributed by atoms with Crippen molar-refractivity contribution in [3.63, 3.8) is 0 Å². The average molecular weight is 386 g/mol. The molecule has 0 saturated heterocycles. The number of anilines is 1.